The lowest BCUT2D eigenvalue weighted by atomic mass is 10.1. The minimum Gasteiger partial charge on any atom is -0.423 e. The van der Waals surface area contributed by atoms with Crippen LogP contribution in [0.15, 0.2) is 33.6 Å². The Bertz CT molecular complexity index is 1110. The molecule has 3 aromatic rings. The van der Waals surface area contributed by atoms with E-state index in [1.807, 2.05) is 38.1 Å². The second-order valence-electron chi connectivity index (χ2n) is 8.70. The summed E-state index contributed by atoms with van der Waals surface area (Å²) in [5.41, 5.74) is 2.53. The Balaban J connectivity index is 1.36. The van der Waals surface area contributed by atoms with Crippen LogP contribution in [0.1, 0.15) is 19.5 Å². The molecule has 1 fully saturated rings. The molecular weight excluding hydrogens is 428 g/mol. The number of hydrogen-bond donors (Lipinski definition) is 3. The van der Waals surface area contributed by atoms with Crippen molar-refractivity contribution >= 4 is 39.7 Å². The molecule has 1 saturated heterocycles. The lowest BCUT2D eigenvalue weighted by Gasteiger charge is -2.30. The maximum absolute atomic E-state index is 12.6. The number of benzene rings is 1. The van der Waals surface area contributed by atoms with Crippen molar-refractivity contribution in [3.63, 3.8) is 0 Å². The molecule has 2 unspecified atom stereocenters. The van der Waals surface area contributed by atoms with Gasteiger partial charge in [0.15, 0.2) is 11.4 Å². The molecule has 2 aromatic heterocycles. The van der Waals surface area contributed by atoms with Crippen LogP contribution in [0.3, 0.4) is 0 Å². The summed E-state index contributed by atoms with van der Waals surface area (Å²) in [6.07, 6.45) is 0.694. The first kappa shape index (κ1) is 21.3. The monoisotopic (exact) mass is 457 g/mol. The first-order chi connectivity index (χ1) is 15.5. The van der Waals surface area contributed by atoms with Gasteiger partial charge in [0.2, 0.25) is 0 Å². The molecule has 5 rings (SSSR count). The van der Waals surface area contributed by atoms with E-state index in [9.17, 15) is 9.32 Å². The topological polar surface area (TPSA) is 109 Å². The van der Waals surface area contributed by atoms with E-state index in [-0.39, 0.29) is 18.6 Å². The van der Waals surface area contributed by atoms with Crippen molar-refractivity contribution in [1.82, 2.24) is 15.0 Å². The molecule has 0 radical (unpaired) electrons. The van der Waals surface area contributed by atoms with Gasteiger partial charge < -0.3 is 19.7 Å². The third-order valence-electron chi connectivity index (χ3n) is 6.25. The Morgan fingerprint density at radius 2 is 2.00 bits per heavy atom. The number of anilines is 2. The number of aromatic nitrogens is 3. The molecule has 10 heteroatoms. The van der Waals surface area contributed by atoms with Gasteiger partial charge in [0, 0.05) is 12.2 Å². The van der Waals surface area contributed by atoms with Crippen molar-refractivity contribution in [3.8, 4) is 0 Å². The van der Waals surface area contributed by atoms with E-state index < -0.39 is 10.8 Å². The lowest BCUT2D eigenvalue weighted by molar-refractivity contribution is -0.838. The molecule has 4 heterocycles. The highest BCUT2D eigenvalue weighted by Crippen LogP contribution is 2.29. The SMILES string of the molecule is CC(C)C(CO)Nc1nc([NH+]2CCN(c3nc4ccccc4o3)CC2)nc2c1S(=O)CC2. The maximum atomic E-state index is 12.6. The first-order valence-electron chi connectivity index (χ1n) is 11.2. The van der Waals surface area contributed by atoms with Gasteiger partial charge in [-0.1, -0.05) is 26.0 Å². The van der Waals surface area contributed by atoms with E-state index in [0.717, 1.165) is 48.9 Å². The number of piperazine rings is 1. The molecule has 2 aliphatic heterocycles. The highest BCUT2D eigenvalue weighted by atomic mass is 32.2. The predicted molar refractivity (Wildman–Crippen MR) is 123 cm³/mol. The van der Waals surface area contributed by atoms with Crippen molar-refractivity contribution in [2.45, 2.75) is 31.2 Å². The average molecular weight is 458 g/mol. The minimum atomic E-state index is -1.10. The molecule has 0 bridgehead atoms. The molecule has 0 amide bonds. The standard InChI is InChI=1S/C22H28N6O3S/c1-14(2)17(13-29)23-20-19-16(7-12-32(19)30)24-21(26-20)27-8-10-28(11-9-27)22-25-15-5-3-4-6-18(15)31-22/h3-6,14,17,29H,7-13H2,1-2H3,(H,23,24,26)/p+1. The summed E-state index contributed by atoms with van der Waals surface area (Å²) < 4.78 is 18.5. The summed E-state index contributed by atoms with van der Waals surface area (Å²) in [5, 5.41) is 13.1. The molecule has 3 N–H and O–H groups in total. The molecule has 2 aliphatic rings. The second kappa shape index (κ2) is 8.76. The Kier molecular flexibility index (Phi) is 5.83. The van der Waals surface area contributed by atoms with Gasteiger partial charge in [0.25, 0.3) is 6.01 Å². The zero-order chi connectivity index (χ0) is 22.2. The van der Waals surface area contributed by atoms with Crippen LogP contribution in [0.25, 0.3) is 11.1 Å². The summed E-state index contributed by atoms with van der Waals surface area (Å²) in [6, 6.07) is 8.30. The summed E-state index contributed by atoms with van der Waals surface area (Å²) in [6.45, 7) is 7.27. The van der Waals surface area contributed by atoms with Crippen LogP contribution < -0.4 is 15.1 Å². The number of rotatable bonds is 6. The predicted octanol–water partition coefficient (Wildman–Crippen LogP) is 0.747. The van der Waals surface area contributed by atoms with Crippen LogP contribution in [-0.4, -0.2) is 68.8 Å². The maximum Gasteiger partial charge on any atom is 0.329 e. The van der Waals surface area contributed by atoms with E-state index >= 15 is 0 Å². The summed E-state index contributed by atoms with van der Waals surface area (Å²) in [7, 11) is -1.10. The summed E-state index contributed by atoms with van der Waals surface area (Å²) >= 11 is 0. The van der Waals surface area contributed by atoms with Crippen molar-refractivity contribution in [2.24, 2.45) is 5.92 Å². The van der Waals surface area contributed by atoms with E-state index in [1.54, 1.807) is 0 Å². The number of oxazole rings is 1. The van der Waals surface area contributed by atoms with Crippen molar-refractivity contribution < 1.29 is 18.6 Å². The van der Waals surface area contributed by atoms with Crippen LogP contribution in [0.4, 0.5) is 17.8 Å². The van der Waals surface area contributed by atoms with Crippen LogP contribution in [0.5, 0.6) is 0 Å². The first-order valence-corrected chi connectivity index (χ1v) is 12.5. The van der Waals surface area contributed by atoms with E-state index in [2.05, 4.69) is 15.2 Å². The molecule has 0 aliphatic carbocycles. The molecule has 32 heavy (non-hydrogen) atoms. The second-order valence-corrected chi connectivity index (χ2v) is 10.2. The number of aliphatic hydroxyl groups excluding tert-OH is 1. The van der Waals surface area contributed by atoms with Gasteiger partial charge in [-0.05, 0) is 18.1 Å². The summed E-state index contributed by atoms with van der Waals surface area (Å²) in [5.74, 6) is 2.13. The normalized spacial score (nSPS) is 20.1. The lowest BCUT2D eigenvalue weighted by Crippen LogP contribution is -3.11. The van der Waals surface area contributed by atoms with Gasteiger partial charge in [0.05, 0.1) is 42.2 Å². The molecule has 0 spiro atoms. The number of hydrogen-bond acceptors (Lipinski definition) is 8. The van der Waals surface area contributed by atoms with E-state index in [0.29, 0.717) is 28.9 Å². The minimum absolute atomic E-state index is 0.00551. The zero-order valence-corrected chi connectivity index (χ0v) is 19.2. The van der Waals surface area contributed by atoms with Crippen molar-refractivity contribution in [2.75, 3.05) is 48.8 Å². The molecule has 0 saturated carbocycles. The number of nitrogens with one attached hydrogen (secondary N) is 2. The number of fused-ring (bicyclic) bond motifs is 2. The number of para-hydroxylation sites is 2. The fraction of sp³-hybridized carbons (Fsp3) is 0.500. The van der Waals surface area contributed by atoms with E-state index in [1.165, 1.54) is 4.90 Å². The molecule has 170 valence electrons. The van der Waals surface area contributed by atoms with Gasteiger partial charge in [-0.25, -0.2) is 0 Å². The van der Waals surface area contributed by atoms with Gasteiger partial charge in [-0.3, -0.25) is 9.11 Å². The van der Waals surface area contributed by atoms with Crippen LogP contribution in [0.2, 0.25) is 0 Å². The molecular formula is C22H29N6O3S+. The van der Waals surface area contributed by atoms with Gasteiger partial charge in [-0.2, -0.15) is 15.0 Å². The third kappa shape index (κ3) is 3.98. The van der Waals surface area contributed by atoms with Crippen LogP contribution in [-0.2, 0) is 17.2 Å². The highest BCUT2D eigenvalue weighted by Gasteiger charge is 2.32. The Hall–Kier alpha value is -2.56. The Labute approximate surface area is 189 Å². The zero-order valence-electron chi connectivity index (χ0n) is 18.4. The third-order valence-corrected chi connectivity index (χ3v) is 7.71. The molecule has 9 nitrogen and oxygen atoms in total. The summed E-state index contributed by atoms with van der Waals surface area (Å²) in [4.78, 5) is 18.3. The van der Waals surface area contributed by atoms with Crippen molar-refractivity contribution in [1.29, 1.82) is 0 Å². The van der Waals surface area contributed by atoms with Crippen LogP contribution in [0, 0.1) is 5.92 Å². The quantitative estimate of drug-likeness (QED) is 0.498. The average Bonchev–Trinajstić information content (AvgIpc) is 3.41. The number of quaternary nitrogens is 1. The van der Waals surface area contributed by atoms with E-state index in [4.69, 9.17) is 14.4 Å². The largest absolute Gasteiger partial charge is 0.423 e. The Morgan fingerprint density at radius 3 is 2.72 bits per heavy atom. The van der Waals surface area contributed by atoms with Gasteiger partial charge in [-0.15, -0.1) is 0 Å². The number of nitrogens with zero attached hydrogens (tertiary/aromatic N) is 4. The van der Waals surface area contributed by atoms with Gasteiger partial charge >= 0.3 is 5.95 Å². The molecule has 1 aromatic carbocycles. The van der Waals surface area contributed by atoms with Crippen LogP contribution >= 0.6 is 0 Å². The highest BCUT2D eigenvalue weighted by molar-refractivity contribution is 7.85. The fourth-order valence-corrected chi connectivity index (χ4v) is 5.55. The Morgan fingerprint density at radius 1 is 1.22 bits per heavy atom. The number of aryl methyl sites for hydroxylation is 1. The smallest absolute Gasteiger partial charge is 0.329 e. The van der Waals surface area contributed by atoms with Crippen molar-refractivity contribution in [3.05, 3.63) is 30.0 Å². The number of aliphatic hydroxyl groups is 1. The fourth-order valence-electron chi connectivity index (χ4n) is 4.24. The van der Waals surface area contributed by atoms with Gasteiger partial charge in [0.1, 0.15) is 23.5 Å². The molecule has 2 atom stereocenters.